The van der Waals surface area contributed by atoms with Crippen molar-refractivity contribution >= 4 is 0 Å². The van der Waals surface area contributed by atoms with Gasteiger partial charge in [0.2, 0.25) is 0 Å². The van der Waals surface area contributed by atoms with Gasteiger partial charge in [-0.25, -0.2) is 4.39 Å². The van der Waals surface area contributed by atoms with Gasteiger partial charge in [0.15, 0.2) is 0 Å². The third-order valence-corrected chi connectivity index (χ3v) is 8.26. The van der Waals surface area contributed by atoms with Gasteiger partial charge in [-0.15, -0.1) is 0 Å². The van der Waals surface area contributed by atoms with E-state index in [0.717, 1.165) is 55.7 Å². The summed E-state index contributed by atoms with van der Waals surface area (Å²) in [6.45, 7) is 17.1. The number of hydrogen-bond acceptors (Lipinski definition) is 4. The number of nitrogens with one attached hydrogen (secondary N) is 1. The Hall–Kier alpha value is -3.26. The smallest absolute Gasteiger partial charge is 0.383 e. The molecule has 1 N–H and O–H groups in total. The van der Waals surface area contributed by atoms with Crippen molar-refractivity contribution in [3.63, 3.8) is 0 Å². The molecule has 3 fully saturated rings. The molecule has 2 heterocycles. The van der Waals surface area contributed by atoms with Crippen LogP contribution in [0.15, 0.2) is 91.4 Å². The Kier molecular flexibility index (Phi) is 9.84. The Morgan fingerprint density at radius 1 is 1.00 bits per heavy atom. The lowest BCUT2D eigenvalue weighted by Gasteiger charge is -2.40. The summed E-state index contributed by atoms with van der Waals surface area (Å²) >= 11 is 0. The maximum Gasteiger partial charge on any atom is 0.401 e. The summed E-state index contributed by atoms with van der Waals surface area (Å²) < 4.78 is 51.1. The zero-order valence-electron chi connectivity index (χ0n) is 24.0. The largest absolute Gasteiger partial charge is 0.401 e. The Morgan fingerprint density at radius 3 is 2.32 bits per heavy atom. The second kappa shape index (κ2) is 13.1. The standard InChI is InChI=1S/C23H31F3N4.C10H11F/c1-18-15-28(17-23(24,25)26)12-13-29(18)16-19(2)30-11-7-10-22(30)20(3)27-14-21-8-5-4-6-9-21;1-10(6-7-10)8-4-2-3-5-9(8)11/h4-6,8-9,22,27H,1-3,7,10-17H2;2-5H,6-7H2,1H3. The number of piperazine rings is 1. The summed E-state index contributed by atoms with van der Waals surface area (Å²) in [5.41, 5.74) is 4.90. The van der Waals surface area contributed by atoms with E-state index in [4.69, 9.17) is 0 Å². The summed E-state index contributed by atoms with van der Waals surface area (Å²) in [5, 5.41) is 3.44. The highest BCUT2D eigenvalue weighted by atomic mass is 19.4. The fourth-order valence-corrected chi connectivity index (χ4v) is 5.59. The fraction of sp³-hybridized carbons (Fsp3) is 0.455. The van der Waals surface area contributed by atoms with Crippen LogP contribution < -0.4 is 5.32 Å². The molecule has 2 aliphatic heterocycles. The molecule has 2 aromatic carbocycles. The molecule has 2 aromatic rings. The average Bonchev–Trinajstić information content (AvgIpc) is 3.47. The van der Waals surface area contributed by atoms with E-state index in [1.54, 1.807) is 12.1 Å². The minimum atomic E-state index is -4.18. The van der Waals surface area contributed by atoms with Crippen molar-refractivity contribution in [3.05, 3.63) is 108 Å². The quantitative estimate of drug-likeness (QED) is 0.333. The van der Waals surface area contributed by atoms with Gasteiger partial charge in [-0.1, -0.05) is 75.2 Å². The van der Waals surface area contributed by atoms with Crippen LogP contribution in [0.4, 0.5) is 17.6 Å². The van der Waals surface area contributed by atoms with Gasteiger partial charge in [0.25, 0.3) is 0 Å². The topological polar surface area (TPSA) is 21.8 Å². The van der Waals surface area contributed by atoms with Crippen LogP contribution in [0.3, 0.4) is 0 Å². The van der Waals surface area contributed by atoms with Crippen molar-refractivity contribution in [2.24, 2.45) is 0 Å². The molecule has 1 aliphatic carbocycles. The molecule has 0 bridgehead atoms. The number of likely N-dealkylation sites (tertiary alicyclic amines) is 1. The predicted octanol–water partition coefficient (Wildman–Crippen LogP) is 6.84. The summed E-state index contributed by atoms with van der Waals surface area (Å²) in [4.78, 5) is 5.72. The summed E-state index contributed by atoms with van der Waals surface area (Å²) in [5.74, 6) is -0.0486. The molecule has 41 heavy (non-hydrogen) atoms. The second-order valence-corrected chi connectivity index (χ2v) is 11.6. The number of rotatable bonds is 9. The summed E-state index contributed by atoms with van der Waals surface area (Å²) in [6.07, 6.45) is 0.166. The Labute approximate surface area is 242 Å². The molecular formula is C33H42F4N4. The van der Waals surface area contributed by atoms with E-state index >= 15 is 0 Å². The van der Waals surface area contributed by atoms with E-state index in [0.29, 0.717) is 25.3 Å². The van der Waals surface area contributed by atoms with Crippen LogP contribution in [-0.4, -0.2) is 66.2 Å². The molecule has 1 unspecified atom stereocenters. The van der Waals surface area contributed by atoms with Crippen LogP contribution in [0.2, 0.25) is 0 Å². The van der Waals surface area contributed by atoms with Crippen molar-refractivity contribution in [1.29, 1.82) is 0 Å². The monoisotopic (exact) mass is 570 g/mol. The lowest BCUT2D eigenvalue weighted by Crippen LogP contribution is -2.49. The van der Waals surface area contributed by atoms with E-state index in [1.165, 1.54) is 10.5 Å². The molecule has 0 spiro atoms. The maximum atomic E-state index is 13.1. The third-order valence-electron chi connectivity index (χ3n) is 8.26. The van der Waals surface area contributed by atoms with Crippen LogP contribution >= 0.6 is 0 Å². The Morgan fingerprint density at radius 2 is 1.68 bits per heavy atom. The number of nitrogens with zero attached hydrogens (tertiary/aromatic N) is 3. The van der Waals surface area contributed by atoms with Crippen molar-refractivity contribution in [1.82, 2.24) is 20.0 Å². The van der Waals surface area contributed by atoms with Gasteiger partial charge in [0, 0.05) is 49.8 Å². The van der Waals surface area contributed by atoms with Gasteiger partial charge in [-0.2, -0.15) is 13.2 Å². The average molecular weight is 571 g/mol. The first-order chi connectivity index (χ1) is 19.4. The summed E-state index contributed by atoms with van der Waals surface area (Å²) in [6, 6.07) is 17.5. The molecule has 0 radical (unpaired) electrons. The van der Waals surface area contributed by atoms with Gasteiger partial charge in [0.1, 0.15) is 5.82 Å². The molecule has 0 amide bonds. The van der Waals surface area contributed by atoms with Gasteiger partial charge in [0.05, 0.1) is 19.1 Å². The van der Waals surface area contributed by atoms with Gasteiger partial charge < -0.3 is 15.1 Å². The van der Waals surface area contributed by atoms with Crippen molar-refractivity contribution in [2.45, 2.75) is 56.8 Å². The fourth-order valence-electron chi connectivity index (χ4n) is 5.59. The molecule has 8 heteroatoms. The van der Waals surface area contributed by atoms with Crippen molar-refractivity contribution < 1.29 is 17.6 Å². The van der Waals surface area contributed by atoms with Crippen LogP contribution in [-0.2, 0) is 12.0 Å². The molecule has 3 aliphatic rings. The first-order valence-electron chi connectivity index (χ1n) is 14.3. The van der Waals surface area contributed by atoms with Crippen LogP contribution in [0, 0.1) is 5.82 Å². The molecule has 2 saturated heterocycles. The van der Waals surface area contributed by atoms with E-state index in [-0.39, 0.29) is 23.8 Å². The van der Waals surface area contributed by atoms with Gasteiger partial charge in [-0.3, -0.25) is 4.90 Å². The highest BCUT2D eigenvalue weighted by molar-refractivity contribution is 5.31. The molecule has 5 rings (SSSR count). The van der Waals surface area contributed by atoms with E-state index in [2.05, 4.69) is 49.0 Å². The van der Waals surface area contributed by atoms with E-state index in [1.807, 2.05) is 35.2 Å². The summed E-state index contributed by atoms with van der Waals surface area (Å²) in [7, 11) is 0. The number of benzene rings is 2. The van der Waals surface area contributed by atoms with E-state index < -0.39 is 12.7 Å². The highest BCUT2D eigenvalue weighted by Gasteiger charge is 2.40. The minimum Gasteiger partial charge on any atom is -0.383 e. The van der Waals surface area contributed by atoms with Crippen molar-refractivity contribution in [2.75, 3.05) is 39.3 Å². The lowest BCUT2D eigenvalue weighted by molar-refractivity contribution is -0.147. The zero-order chi connectivity index (χ0) is 29.6. The van der Waals surface area contributed by atoms with Crippen molar-refractivity contribution in [3.8, 4) is 0 Å². The third kappa shape index (κ3) is 8.62. The Balaban J connectivity index is 0.000000291. The first kappa shape index (κ1) is 30.7. The molecule has 222 valence electrons. The van der Waals surface area contributed by atoms with Crippen LogP contribution in [0.5, 0.6) is 0 Å². The number of alkyl halides is 3. The molecule has 1 atom stereocenters. The molecule has 4 nitrogen and oxygen atoms in total. The Bertz CT molecular complexity index is 1210. The van der Waals surface area contributed by atoms with Crippen LogP contribution in [0.1, 0.15) is 43.7 Å². The van der Waals surface area contributed by atoms with E-state index in [9.17, 15) is 17.6 Å². The molecule has 0 aromatic heterocycles. The minimum absolute atomic E-state index is 0.0486. The first-order valence-corrected chi connectivity index (χ1v) is 14.3. The zero-order valence-corrected chi connectivity index (χ0v) is 24.0. The van der Waals surface area contributed by atoms with Gasteiger partial charge >= 0.3 is 6.18 Å². The van der Waals surface area contributed by atoms with Gasteiger partial charge in [-0.05, 0) is 48.3 Å². The predicted molar refractivity (Wildman–Crippen MR) is 157 cm³/mol. The highest BCUT2D eigenvalue weighted by Crippen LogP contribution is 2.48. The normalized spacial score (nSPS) is 20.3. The van der Waals surface area contributed by atoms with Crippen LogP contribution in [0.25, 0.3) is 0 Å². The number of hydrogen-bond donors (Lipinski definition) is 1. The lowest BCUT2D eigenvalue weighted by atomic mass is 9.98. The molecular weight excluding hydrogens is 528 g/mol. The number of halogens is 4. The SMILES string of the molecule is C=C(NCc1ccccc1)C1CCCN1C(=C)CN1CCN(CC(F)(F)F)CC1=C.CC1(c2ccccc2F)CC1. The maximum absolute atomic E-state index is 13.1. The second-order valence-electron chi connectivity index (χ2n) is 11.6. The molecule has 1 saturated carbocycles.